The van der Waals surface area contributed by atoms with Crippen molar-refractivity contribution in [2.24, 2.45) is 5.10 Å². The molecule has 1 N–H and O–H groups in total. The molecule has 3 rings (SSSR count). The predicted molar refractivity (Wildman–Crippen MR) is 125 cm³/mol. The number of nitrogens with one attached hydrogen (secondary N) is 1. The smallest absolute Gasteiger partial charge is 0.245 e. The van der Waals surface area contributed by atoms with Gasteiger partial charge >= 0.3 is 0 Å². The molecule has 30 heavy (non-hydrogen) atoms. The van der Waals surface area contributed by atoms with Crippen LogP contribution < -0.4 is 14.9 Å². The van der Waals surface area contributed by atoms with E-state index in [2.05, 4.69) is 49.0 Å². The number of hydrazone groups is 1. The van der Waals surface area contributed by atoms with E-state index in [1.807, 2.05) is 30.3 Å². The Kier molecular flexibility index (Phi) is 8.09. The molecule has 160 valence electrons. The van der Waals surface area contributed by atoms with Gasteiger partial charge in [0.15, 0.2) is 17.3 Å². The number of hydrogen-bond donors (Lipinski definition) is 1. The summed E-state index contributed by atoms with van der Waals surface area (Å²) in [6.07, 6.45) is 1.63. The van der Waals surface area contributed by atoms with Gasteiger partial charge in [-0.2, -0.15) is 5.10 Å². The van der Waals surface area contributed by atoms with Gasteiger partial charge in [-0.3, -0.25) is 4.79 Å². The van der Waals surface area contributed by atoms with E-state index in [0.29, 0.717) is 31.3 Å². The van der Waals surface area contributed by atoms with Crippen molar-refractivity contribution in [1.82, 2.24) is 5.43 Å². The van der Waals surface area contributed by atoms with Crippen molar-refractivity contribution >= 4 is 50.6 Å². The topological polar surface area (TPSA) is 78.4 Å². The van der Waals surface area contributed by atoms with Gasteiger partial charge in [0, 0.05) is 4.47 Å². The summed E-state index contributed by atoms with van der Waals surface area (Å²) >= 11 is 5.61. The molecule has 7 nitrogen and oxygen atoms in total. The first-order valence-corrected chi connectivity index (χ1v) is 11.1. The lowest BCUT2D eigenvalue weighted by atomic mass is 10.2. The number of methoxy groups -OCH3 is 1. The largest absolute Gasteiger partial charge is 0.493 e. The van der Waals surface area contributed by atoms with E-state index in [0.717, 1.165) is 19.2 Å². The molecule has 9 heteroatoms. The maximum Gasteiger partial charge on any atom is 0.245 e. The normalized spacial score (nSPS) is 15.3. The first kappa shape index (κ1) is 23.0. The van der Waals surface area contributed by atoms with Crippen LogP contribution in [0.4, 0.5) is 0 Å². The highest BCUT2D eigenvalue weighted by molar-refractivity contribution is 14.1. The van der Waals surface area contributed by atoms with Crippen LogP contribution in [0.25, 0.3) is 0 Å². The summed E-state index contributed by atoms with van der Waals surface area (Å²) < 4.78 is 24.2. The Labute approximate surface area is 197 Å². The SMILES string of the molecule is COc1cc(/C=N/NC(=O)CC2(C)OCCO2)cc(I)c1OCc1ccc(Br)cc1. The van der Waals surface area contributed by atoms with Crippen molar-refractivity contribution in [1.29, 1.82) is 0 Å². The maximum atomic E-state index is 12.0. The van der Waals surface area contributed by atoms with Gasteiger partial charge in [-0.25, -0.2) is 5.43 Å². The third kappa shape index (κ3) is 6.40. The predicted octanol–water partition coefficient (Wildman–Crippen LogP) is 4.24. The molecule has 1 aliphatic rings. The number of rotatable bonds is 8. The van der Waals surface area contributed by atoms with Gasteiger partial charge in [0.1, 0.15) is 6.61 Å². The van der Waals surface area contributed by atoms with Crippen LogP contribution in [0.15, 0.2) is 46.0 Å². The molecule has 0 aliphatic carbocycles. The molecule has 0 aromatic heterocycles. The van der Waals surface area contributed by atoms with E-state index in [-0.39, 0.29) is 12.3 Å². The highest BCUT2D eigenvalue weighted by Crippen LogP contribution is 2.34. The molecular formula is C21H22BrIN2O5. The monoisotopic (exact) mass is 588 g/mol. The minimum atomic E-state index is -0.883. The molecule has 0 bridgehead atoms. The van der Waals surface area contributed by atoms with E-state index >= 15 is 0 Å². The average molecular weight is 589 g/mol. The zero-order chi connectivity index (χ0) is 21.6. The standard InChI is InChI=1S/C21H22BrIN2O5/c1-21(29-7-8-30-21)11-19(26)25-24-12-15-9-17(23)20(18(10-15)27-2)28-13-14-3-5-16(22)6-4-14/h3-6,9-10,12H,7-8,11,13H2,1-2H3,(H,25,26)/b24-12+. The van der Waals surface area contributed by atoms with Gasteiger partial charge in [-0.1, -0.05) is 28.1 Å². The van der Waals surface area contributed by atoms with Gasteiger partial charge < -0.3 is 18.9 Å². The van der Waals surface area contributed by atoms with E-state index in [1.54, 1.807) is 26.3 Å². The van der Waals surface area contributed by atoms with Crippen LogP contribution >= 0.6 is 38.5 Å². The molecule has 0 unspecified atom stereocenters. The minimum absolute atomic E-state index is 0.0774. The van der Waals surface area contributed by atoms with Crippen molar-refractivity contribution in [3.8, 4) is 11.5 Å². The Hall–Kier alpha value is -1.69. The van der Waals surface area contributed by atoms with Crippen molar-refractivity contribution < 1.29 is 23.7 Å². The van der Waals surface area contributed by atoms with Crippen molar-refractivity contribution in [2.45, 2.75) is 25.7 Å². The fourth-order valence-electron chi connectivity index (χ4n) is 2.86. The summed E-state index contributed by atoms with van der Waals surface area (Å²) in [7, 11) is 1.59. The highest BCUT2D eigenvalue weighted by atomic mass is 127. The van der Waals surface area contributed by atoms with Gasteiger partial charge in [0.2, 0.25) is 5.91 Å². The summed E-state index contributed by atoms with van der Waals surface area (Å²) in [5, 5.41) is 4.02. The average Bonchev–Trinajstić information content (AvgIpc) is 3.13. The van der Waals surface area contributed by atoms with Crippen molar-refractivity contribution in [3.63, 3.8) is 0 Å². The van der Waals surface area contributed by atoms with Crippen molar-refractivity contribution in [3.05, 3.63) is 55.6 Å². The molecule has 0 radical (unpaired) electrons. The molecule has 1 amide bonds. The Balaban J connectivity index is 1.61. The lowest BCUT2D eigenvalue weighted by Crippen LogP contribution is -2.33. The molecule has 1 aliphatic heterocycles. The van der Waals surface area contributed by atoms with Crippen LogP contribution in [0.5, 0.6) is 11.5 Å². The van der Waals surface area contributed by atoms with Crippen LogP contribution in [0.1, 0.15) is 24.5 Å². The van der Waals surface area contributed by atoms with Crippen molar-refractivity contribution in [2.75, 3.05) is 20.3 Å². The first-order valence-electron chi connectivity index (χ1n) is 9.23. The molecule has 1 saturated heterocycles. The second kappa shape index (κ2) is 10.6. The zero-order valence-corrected chi connectivity index (χ0v) is 20.4. The number of hydrogen-bond acceptors (Lipinski definition) is 6. The first-order chi connectivity index (χ1) is 14.4. The molecule has 2 aromatic carbocycles. The van der Waals surface area contributed by atoms with Gasteiger partial charge in [-0.15, -0.1) is 0 Å². The van der Waals surface area contributed by atoms with Gasteiger partial charge in [-0.05, 0) is 64.9 Å². The van der Waals surface area contributed by atoms with Crippen LogP contribution in [-0.4, -0.2) is 38.2 Å². The fraction of sp³-hybridized carbons (Fsp3) is 0.333. The number of carbonyl (C=O) groups excluding carboxylic acids is 1. The molecule has 0 saturated carbocycles. The lowest BCUT2D eigenvalue weighted by Gasteiger charge is -2.20. The number of nitrogens with zero attached hydrogens (tertiary/aromatic N) is 1. The third-order valence-corrected chi connectivity index (χ3v) is 5.66. The highest BCUT2D eigenvalue weighted by Gasteiger charge is 2.33. The number of carbonyl (C=O) groups is 1. The molecule has 1 fully saturated rings. The van der Waals surface area contributed by atoms with Crippen LogP contribution in [-0.2, 0) is 20.9 Å². The third-order valence-electron chi connectivity index (χ3n) is 4.33. The summed E-state index contributed by atoms with van der Waals surface area (Å²) in [6.45, 7) is 3.14. The summed E-state index contributed by atoms with van der Waals surface area (Å²) in [6, 6.07) is 11.6. The van der Waals surface area contributed by atoms with Crippen LogP contribution in [0, 0.1) is 3.57 Å². The molecule has 2 aromatic rings. The second-order valence-corrected chi connectivity index (χ2v) is 8.83. The Morgan fingerprint density at radius 1 is 1.30 bits per heavy atom. The van der Waals surface area contributed by atoms with Crippen LogP contribution in [0.2, 0.25) is 0 Å². The van der Waals surface area contributed by atoms with Gasteiger partial charge in [0.25, 0.3) is 0 Å². The second-order valence-electron chi connectivity index (χ2n) is 6.75. The van der Waals surface area contributed by atoms with E-state index in [1.165, 1.54) is 0 Å². The summed E-state index contributed by atoms with van der Waals surface area (Å²) in [4.78, 5) is 12.0. The molecule has 0 atom stereocenters. The molecule has 0 spiro atoms. The Bertz CT molecular complexity index is 914. The number of amides is 1. The van der Waals surface area contributed by atoms with E-state index in [4.69, 9.17) is 18.9 Å². The van der Waals surface area contributed by atoms with E-state index < -0.39 is 5.79 Å². The summed E-state index contributed by atoms with van der Waals surface area (Å²) in [5.74, 6) is 0.0796. The van der Waals surface area contributed by atoms with Gasteiger partial charge in [0.05, 0.1) is 36.5 Å². The molecular weight excluding hydrogens is 567 g/mol. The fourth-order valence-corrected chi connectivity index (χ4v) is 3.90. The Morgan fingerprint density at radius 2 is 2.00 bits per heavy atom. The number of benzene rings is 2. The minimum Gasteiger partial charge on any atom is -0.493 e. The van der Waals surface area contributed by atoms with E-state index in [9.17, 15) is 4.79 Å². The van der Waals surface area contributed by atoms with Crippen LogP contribution in [0.3, 0.4) is 0 Å². The number of halogens is 2. The molecule has 1 heterocycles. The zero-order valence-electron chi connectivity index (χ0n) is 16.6. The summed E-state index contributed by atoms with van der Waals surface area (Å²) in [5.41, 5.74) is 4.32. The quantitative estimate of drug-likeness (QED) is 0.283. The lowest BCUT2D eigenvalue weighted by molar-refractivity contribution is -0.159. The number of ether oxygens (including phenoxy) is 4. The maximum absolute atomic E-state index is 12.0. The Morgan fingerprint density at radius 3 is 2.67 bits per heavy atom.